The van der Waals surface area contributed by atoms with E-state index in [2.05, 4.69) is 83.5 Å². The third kappa shape index (κ3) is 5.31. The molecular formula is C31H38N2O3. The van der Waals surface area contributed by atoms with Crippen LogP contribution in [0.25, 0.3) is 0 Å². The van der Waals surface area contributed by atoms with Crippen LogP contribution in [0.15, 0.2) is 66.7 Å². The number of fused-ring (bicyclic) bond motifs is 1. The molecule has 3 aromatic carbocycles. The fraction of sp³-hybridized carbons (Fsp3) is 0.419. The maximum Gasteiger partial charge on any atom is 0.119 e. The number of methoxy groups -OCH3 is 2. The van der Waals surface area contributed by atoms with Crippen molar-refractivity contribution in [2.75, 3.05) is 38.8 Å². The van der Waals surface area contributed by atoms with Crippen molar-refractivity contribution in [3.8, 4) is 17.2 Å². The van der Waals surface area contributed by atoms with E-state index in [4.69, 9.17) is 14.2 Å². The first-order valence-electron chi connectivity index (χ1n) is 13.2. The average molecular weight is 487 g/mol. The van der Waals surface area contributed by atoms with Crippen LogP contribution < -0.4 is 19.1 Å². The summed E-state index contributed by atoms with van der Waals surface area (Å²) in [6, 6.07) is 24.2. The molecule has 3 aromatic rings. The molecule has 5 nitrogen and oxygen atoms in total. The number of hydrogen-bond donors (Lipinski definition) is 0. The summed E-state index contributed by atoms with van der Waals surface area (Å²) in [5, 5.41) is 0. The van der Waals surface area contributed by atoms with Crippen LogP contribution in [0, 0.1) is 0 Å². The second-order valence-corrected chi connectivity index (χ2v) is 9.94. The number of ether oxygens (including phenoxy) is 3. The van der Waals surface area contributed by atoms with E-state index in [1.807, 2.05) is 0 Å². The van der Waals surface area contributed by atoms with Crippen molar-refractivity contribution < 1.29 is 14.2 Å². The van der Waals surface area contributed by atoms with Crippen LogP contribution in [0.4, 0.5) is 11.4 Å². The van der Waals surface area contributed by atoms with Gasteiger partial charge in [0, 0.05) is 17.4 Å². The predicted molar refractivity (Wildman–Crippen MR) is 146 cm³/mol. The Balaban J connectivity index is 1.38. The van der Waals surface area contributed by atoms with Gasteiger partial charge < -0.3 is 19.1 Å². The van der Waals surface area contributed by atoms with Gasteiger partial charge in [0.1, 0.15) is 23.9 Å². The van der Waals surface area contributed by atoms with Gasteiger partial charge in [-0.1, -0.05) is 18.6 Å². The third-order valence-corrected chi connectivity index (χ3v) is 7.67. The molecule has 2 atom stereocenters. The van der Waals surface area contributed by atoms with Crippen LogP contribution in [-0.4, -0.2) is 44.9 Å². The van der Waals surface area contributed by atoms with E-state index in [1.165, 1.54) is 54.9 Å². The first-order valence-corrected chi connectivity index (χ1v) is 13.2. The predicted octanol–water partition coefficient (Wildman–Crippen LogP) is 6.78. The molecule has 190 valence electrons. The highest BCUT2D eigenvalue weighted by Gasteiger charge is 2.29. The standard InChI is InChI=1S/C31H38N2O3/c1-23(32-19-5-4-6-20-32)22-36-28-14-10-26(11-15-28)33-30(24-7-12-27(34-2)13-8-24)17-9-25-21-29(35-3)16-18-31(25)33/h7-8,10-16,18,21,23,30H,4-6,9,17,19-20,22H2,1-3H3. The number of nitrogens with zero attached hydrogens (tertiary/aromatic N) is 2. The molecule has 2 heterocycles. The maximum atomic E-state index is 6.21. The lowest BCUT2D eigenvalue weighted by molar-refractivity contribution is 0.125. The van der Waals surface area contributed by atoms with Gasteiger partial charge in [0.15, 0.2) is 0 Å². The molecule has 0 bridgehead atoms. The van der Waals surface area contributed by atoms with Crippen molar-refractivity contribution in [3.05, 3.63) is 77.9 Å². The topological polar surface area (TPSA) is 34.2 Å². The second-order valence-electron chi connectivity index (χ2n) is 9.94. The molecule has 5 rings (SSSR count). The van der Waals surface area contributed by atoms with E-state index in [-0.39, 0.29) is 6.04 Å². The molecule has 2 unspecified atom stereocenters. The molecular weight excluding hydrogens is 448 g/mol. The molecule has 0 spiro atoms. The fourth-order valence-corrected chi connectivity index (χ4v) is 5.56. The monoisotopic (exact) mass is 486 g/mol. The zero-order chi connectivity index (χ0) is 24.9. The highest BCUT2D eigenvalue weighted by atomic mass is 16.5. The highest BCUT2D eigenvalue weighted by Crippen LogP contribution is 2.45. The summed E-state index contributed by atoms with van der Waals surface area (Å²) in [5.41, 5.74) is 5.00. The Kier molecular flexibility index (Phi) is 7.66. The van der Waals surface area contributed by atoms with Crippen LogP contribution >= 0.6 is 0 Å². The van der Waals surface area contributed by atoms with E-state index < -0.39 is 0 Å². The largest absolute Gasteiger partial charge is 0.497 e. The van der Waals surface area contributed by atoms with E-state index in [0.717, 1.165) is 36.7 Å². The summed E-state index contributed by atoms with van der Waals surface area (Å²) in [7, 11) is 3.44. The minimum absolute atomic E-state index is 0.239. The van der Waals surface area contributed by atoms with Crippen LogP contribution in [0.3, 0.4) is 0 Å². The number of rotatable bonds is 8. The Bertz CT molecular complexity index is 1120. The molecule has 36 heavy (non-hydrogen) atoms. The average Bonchev–Trinajstić information content (AvgIpc) is 2.95. The van der Waals surface area contributed by atoms with Gasteiger partial charge in [-0.15, -0.1) is 0 Å². The van der Waals surface area contributed by atoms with Crippen LogP contribution in [0.2, 0.25) is 0 Å². The third-order valence-electron chi connectivity index (χ3n) is 7.67. The highest BCUT2D eigenvalue weighted by molar-refractivity contribution is 5.71. The molecule has 0 amide bonds. The molecule has 0 saturated carbocycles. The molecule has 1 fully saturated rings. The zero-order valence-corrected chi connectivity index (χ0v) is 21.8. The number of aryl methyl sites for hydroxylation is 1. The lowest BCUT2D eigenvalue weighted by Gasteiger charge is -2.39. The van der Waals surface area contributed by atoms with Gasteiger partial charge in [-0.25, -0.2) is 0 Å². The van der Waals surface area contributed by atoms with Crippen LogP contribution in [0.5, 0.6) is 17.2 Å². The SMILES string of the molecule is COc1ccc(C2CCc3cc(OC)ccc3N2c2ccc(OCC(C)N3CCCCC3)cc2)cc1. The van der Waals surface area contributed by atoms with Gasteiger partial charge in [-0.3, -0.25) is 4.90 Å². The minimum Gasteiger partial charge on any atom is -0.497 e. The van der Waals surface area contributed by atoms with Crippen molar-refractivity contribution in [3.63, 3.8) is 0 Å². The van der Waals surface area contributed by atoms with Gasteiger partial charge in [-0.05, 0) is 111 Å². The number of hydrogen-bond acceptors (Lipinski definition) is 5. The Morgan fingerprint density at radius 3 is 2.17 bits per heavy atom. The quantitative estimate of drug-likeness (QED) is 0.350. The number of anilines is 2. The first kappa shape index (κ1) is 24.5. The summed E-state index contributed by atoms with van der Waals surface area (Å²) in [6.45, 7) is 5.38. The second kappa shape index (κ2) is 11.3. The molecule has 0 aromatic heterocycles. The number of likely N-dealkylation sites (tertiary alicyclic amines) is 1. The lowest BCUT2D eigenvalue weighted by atomic mass is 9.90. The van der Waals surface area contributed by atoms with Gasteiger partial charge >= 0.3 is 0 Å². The molecule has 0 N–H and O–H groups in total. The van der Waals surface area contributed by atoms with Crippen molar-refractivity contribution in [1.82, 2.24) is 4.90 Å². The Morgan fingerprint density at radius 2 is 1.47 bits per heavy atom. The summed E-state index contributed by atoms with van der Waals surface area (Å²) >= 11 is 0. The van der Waals surface area contributed by atoms with Crippen LogP contribution in [-0.2, 0) is 6.42 Å². The summed E-state index contributed by atoms with van der Waals surface area (Å²) in [6.07, 6.45) is 6.00. The number of piperidine rings is 1. The van der Waals surface area contributed by atoms with Crippen molar-refractivity contribution >= 4 is 11.4 Å². The van der Waals surface area contributed by atoms with Gasteiger partial charge in [0.2, 0.25) is 0 Å². The number of benzene rings is 3. The molecule has 5 heteroatoms. The summed E-state index contributed by atoms with van der Waals surface area (Å²) < 4.78 is 17.1. The van der Waals surface area contributed by atoms with E-state index in [9.17, 15) is 0 Å². The lowest BCUT2D eigenvalue weighted by Crippen LogP contribution is -2.40. The van der Waals surface area contributed by atoms with Gasteiger partial charge in [0.05, 0.1) is 20.3 Å². The van der Waals surface area contributed by atoms with E-state index >= 15 is 0 Å². The maximum absolute atomic E-state index is 6.21. The summed E-state index contributed by atoms with van der Waals surface area (Å²) in [4.78, 5) is 5.01. The van der Waals surface area contributed by atoms with Crippen molar-refractivity contribution in [2.24, 2.45) is 0 Å². The Hall–Kier alpha value is -3.18. The Labute approximate surface area is 215 Å². The van der Waals surface area contributed by atoms with E-state index in [1.54, 1.807) is 14.2 Å². The minimum atomic E-state index is 0.239. The van der Waals surface area contributed by atoms with Crippen molar-refractivity contribution in [2.45, 2.75) is 51.1 Å². The molecule has 2 aliphatic rings. The zero-order valence-electron chi connectivity index (χ0n) is 21.8. The fourth-order valence-electron chi connectivity index (χ4n) is 5.56. The smallest absolute Gasteiger partial charge is 0.119 e. The Morgan fingerprint density at radius 1 is 0.806 bits per heavy atom. The molecule has 2 aliphatic heterocycles. The van der Waals surface area contributed by atoms with Crippen LogP contribution in [0.1, 0.15) is 49.8 Å². The molecule has 0 aliphatic carbocycles. The van der Waals surface area contributed by atoms with E-state index in [0.29, 0.717) is 6.04 Å². The van der Waals surface area contributed by atoms with Gasteiger partial charge in [0.25, 0.3) is 0 Å². The van der Waals surface area contributed by atoms with Crippen molar-refractivity contribution in [1.29, 1.82) is 0 Å². The summed E-state index contributed by atoms with van der Waals surface area (Å²) in [5.74, 6) is 2.71. The molecule has 0 radical (unpaired) electrons. The first-order chi connectivity index (χ1) is 17.7. The normalized spacial score (nSPS) is 18.9. The molecule has 1 saturated heterocycles. The van der Waals surface area contributed by atoms with Gasteiger partial charge in [-0.2, -0.15) is 0 Å².